The summed E-state index contributed by atoms with van der Waals surface area (Å²) >= 11 is 0. The molecule has 0 aliphatic carbocycles. The van der Waals surface area contributed by atoms with Crippen molar-refractivity contribution in [2.24, 2.45) is 0 Å². The summed E-state index contributed by atoms with van der Waals surface area (Å²) in [6, 6.07) is 0. The van der Waals surface area contributed by atoms with Crippen molar-refractivity contribution in [1.82, 2.24) is 0 Å². The zero-order valence-corrected chi connectivity index (χ0v) is 5.34. The Labute approximate surface area is 51.0 Å². The molecule has 1 rings (SSSR count). The average Bonchev–Trinajstić information content (AvgIpc) is 1.73. The van der Waals surface area contributed by atoms with Crippen LogP contribution >= 0.6 is 7.74 Å². The van der Waals surface area contributed by atoms with Crippen LogP contribution in [0.15, 0.2) is 0 Å². The van der Waals surface area contributed by atoms with Crippen molar-refractivity contribution in [2.75, 3.05) is 0 Å². The van der Waals surface area contributed by atoms with Crippen LogP contribution < -0.4 is 0 Å². The van der Waals surface area contributed by atoms with Gasteiger partial charge in [0.2, 0.25) is 0 Å². The molecule has 0 unspecified atom stereocenters. The van der Waals surface area contributed by atoms with Gasteiger partial charge in [-0.25, -0.2) is 0 Å². The molecular formula is H3O5PV. The molecule has 0 aromatic heterocycles. The molecule has 0 saturated carbocycles. The number of rotatable bonds is 0. The van der Waals surface area contributed by atoms with Crippen molar-refractivity contribution >= 4 is 7.74 Å². The Bertz CT molecular complexity index is 71.8. The van der Waals surface area contributed by atoms with Gasteiger partial charge in [0, 0.05) is 18.6 Å². The van der Waals surface area contributed by atoms with Crippen LogP contribution in [0.25, 0.3) is 0 Å². The molecule has 0 aromatic carbocycles. The maximum atomic E-state index is 7.89. The summed E-state index contributed by atoms with van der Waals surface area (Å²) in [6.45, 7) is 0. The van der Waals surface area contributed by atoms with Crippen LogP contribution in [0.5, 0.6) is 0 Å². The third kappa shape index (κ3) is 2.59. The molecule has 1 radical (unpaired) electrons. The van der Waals surface area contributed by atoms with Crippen molar-refractivity contribution in [3.63, 3.8) is 0 Å². The van der Waals surface area contributed by atoms with E-state index in [2.05, 4.69) is 9.35 Å². The van der Waals surface area contributed by atoms with E-state index in [-0.39, 0.29) is 18.6 Å². The van der Waals surface area contributed by atoms with Crippen LogP contribution in [0, 0.1) is 0 Å². The van der Waals surface area contributed by atoms with E-state index in [0.29, 0.717) is 0 Å². The van der Waals surface area contributed by atoms with Crippen molar-refractivity contribution < 1.29 is 42.6 Å². The van der Waals surface area contributed by atoms with Gasteiger partial charge in [0.05, 0.1) is 0 Å². The molecule has 43 valence electrons. The smallest absolute Gasteiger partial charge is 0 e. The van der Waals surface area contributed by atoms with E-state index >= 15 is 0 Å². The third-order valence-electron chi connectivity index (χ3n) is 0.275. The van der Waals surface area contributed by atoms with Crippen LogP contribution in [0.2, 0.25) is 0 Å². The SMILES string of the molecule is OP1(O)(O)OO1.[V]. The average molecular weight is 165 g/mol. The van der Waals surface area contributed by atoms with Gasteiger partial charge in [0.25, 0.3) is 0 Å². The minimum Gasteiger partial charge on any atom is 0 e. The van der Waals surface area contributed by atoms with Crippen molar-refractivity contribution in [3.8, 4) is 0 Å². The van der Waals surface area contributed by atoms with Gasteiger partial charge in [0.15, 0.2) is 0 Å². The second-order valence-electron chi connectivity index (χ2n) is 0.982. The molecule has 1 aliphatic heterocycles. The summed E-state index contributed by atoms with van der Waals surface area (Å²) < 4.78 is 6.76. The summed E-state index contributed by atoms with van der Waals surface area (Å²) in [7, 11) is -4.80. The zero-order chi connectivity index (χ0) is 4.86. The van der Waals surface area contributed by atoms with Gasteiger partial charge in [-0.15, -0.1) is 0 Å². The van der Waals surface area contributed by atoms with Crippen LogP contribution in [0.4, 0.5) is 0 Å². The first kappa shape index (κ1) is 7.81. The molecule has 1 fully saturated rings. The Kier molecular flexibility index (Phi) is 1.57. The van der Waals surface area contributed by atoms with Crippen LogP contribution in [0.1, 0.15) is 0 Å². The molecule has 7 heavy (non-hydrogen) atoms. The molecule has 0 amide bonds. The molecule has 7 heteroatoms. The standard InChI is InChI=1S/H3O5P.V/c1-6(2,3)4-5-6;/h1-3H;. The minimum atomic E-state index is -4.80. The van der Waals surface area contributed by atoms with Gasteiger partial charge in [-0.05, 0) is 0 Å². The molecule has 1 saturated heterocycles. The number of hydrogen-bond acceptors (Lipinski definition) is 5. The third-order valence-corrected chi connectivity index (χ3v) is 0.824. The second kappa shape index (κ2) is 1.40. The molecular weight excluding hydrogens is 162 g/mol. The van der Waals surface area contributed by atoms with Crippen LogP contribution in [-0.4, -0.2) is 14.7 Å². The second-order valence-corrected chi connectivity index (χ2v) is 2.95. The van der Waals surface area contributed by atoms with Gasteiger partial charge in [-0.2, -0.15) is 0 Å². The Morgan fingerprint density at radius 2 is 1.14 bits per heavy atom. The molecule has 0 spiro atoms. The fourth-order valence-electron chi connectivity index (χ4n) is 0.0447. The van der Waals surface area contributed by atoms with Crippen LogP contribution in [0.3, 0.4) is 0 Å². The molecule has 1 aliphatic rings. The van der Waals surface area contributed by atoms with E-state index in [0.717, 1.165) is 0 Å². The van der Waals surface area contributed by atoms with E-state index < -0.39 is 7.74 Å². The van der Waals surface area contributed by atoms with Gasteiger partial charge < -0.3 is 0 Å². The molecule has 0 atom stereocenters. The number of hydrogen-bond donors (Lipinski definition) is 3. The summed E-state index contributed by atoms with van der Waals surface area (Å²) in [6.07, 6.45) is 0. The van der Waals surface area contributed by atoms with Gasteiger partial charge >= 0.3 is 31.8 Å². The summed E-state index contributed by atoms with van der Waals surface area (Å²) in [5, 5.41) is 0. The maximum absolute atomic E-state index is 7.89. The molecule has 0 bridgehead atoms. The minimum absolute atomic E-state index is 0. The Hall–Kier alpha value is 0.814. The van der Waals surface area contributed by atoms with E-state index in [1.54, 1.807) is 0 Å². The van der Waals surface area contributed by atoms with E-state index in [4.69, 9.17) is 14.7 Å². The first-order chi connectivity index (χ1) is 2.47. The molecule has 5 nitrogen and oxygen atoms in total. The fourth-order valence-corrected chi connectivity index (χ4v) is 0.402. The molecule has 0 aromatic rings. The summed E-state index contributed by atoms with van der Waals surface area (Å²) in [4.78, 5) is 23.7. The topological polar surface area (TPSA) is 85.8 Å². The largest absolute Gasteiger partial charge is 0 e. The monoisotopic (exact) mass is 165 g/mol. The first-order valence-corrected chi connectivity index (χ1v) is 3.06. The van der Waals surface area contributed by atoms with Gasteiger partial charge in [-0.1, -0.05) is 0 Å². The zero-order valence-electron chi connectivity index (χ0n) is 3.05. The van der Waals surface area contributed by atoms with Crippen LogP contribution in [-0.2, 0) is 27.9 Å². The Morgan fingerprint density at radius 3 is 1.14 bits per heavy atom. The van der Waals surface area contributed by atoms with E-state index in [9.17, 15) is 0 Å². The Balaban J connectivity index is 0.000000360. The van der Waals surface area contributed by atoms with Crippen molar-refractivity contribution in [2.45, 2.75) is 0 Å². The predicted molar refractivity (Wildman–Crippen MR) is 15.7 cm³/mol. The summed E-state index contributed by atoms with van der Waals surface area (Å²) in [5.41, 5.74) is 0. The molecule has 3 N–H and O–H groups in total. The predicted octanol–water partition coefficient (Wildman–Crippen LogP) is -0.949. The maximum Gasteiger partial charge on any atom is 0 e. The normalized spacial score (nSPS) is 36.7. The summed E-state index contributed by atoms with van der Waals surface area (Å²) in [5.74, 6) is 0. The van der Waals surface area contributed by atoms with Gasteiger partial charge in [0.1, 0.15) is 0 Å². The van der Waals surface area contributed by atoms with Gasteiger partial charge in [-0.3, -0.25) is 0 Å². The van der Waals surface area contributed by atoms with Crippen molar-refractivity contribution in [1.29, 1.82) is 0 Å². The van der Waals surface area contributed by atoms with E-state index in [1.807, 2.05) is 0 Å². The molecule has 1 heterocycles. The van der Waals surface area contributed by atoms with Crippen molar-refractivity contribution in [3.05, 3.63) is 0 Å². The Morgan fingerprint density at radius 1 is 1.00 bits per heavy atom. The fraction of sp³-hybridized carbons (Fsp3) is 0. The van der Waals surface area contributed by atoms with E-state index in [1.165, 1.54) is 0 Å². The quantitative estimate of drug-likeness (QED) is 0.244. The first-order valence-electron chi connectivity index (χ1n) is 1.13.